The molecule has 0 spiro atoms. The van der Waals surface area contributed by atoms with Gasteiger partial charge in [0.25, 0.3) is 0 Å². The van der Waals surface area contributed by atoms with Crippen LogP contribution in [0.3, 0.4) is 0 Å². The summed E-state index contributed by atoms with van der Waals surface area (Å²) >= 11 is 0. The Bertz CT molecular complexity index is 162. The number of hydrogen-bond donors (Lipinski definition) is 0. The van der Waals surface area contributed by atoms with Crippen molar-refractivity contribution < 1.29 is 0 Å². The van der Waals surface area contributed by atoms with E-state index in [2.05, 4.69) is 40.9 Å². The van der Waals surface area contributed by atoms with Crippen LogP contribution < -0.4 is 0 Å². The Balaban J connectivity index is 0. The first-order chi connectivity index (χ1) is 5.29. The second kappa shape index (κ2) is 6.90. The molecule has 0 aliphatic carbocycles. The lowest BCUT2D eigenvalue weighted by Gasteiger charge is -1.88. The summed E-state index contributed by atoms with van der Waals surface area (Å²) in [5, 5.41) is 0. The zero-order chi connectivity index (χ0) is 10.3. The molecule has 0 unspecified atom stereocenters. The molecule has 0 saturated carbocycles. The van der Waals surface area contributed by atoms with E-state index in [-0.39, 0.29) is 0 Å². The number of rotatable bonds is 1. The van der Waals surface area contributed by atoms with E-state index in [1.54, 1.807) is 0 Å². The molecular weight excluding hydrogens is 144 g/mol. The van der Waals surface area contributed by atoms with E-state index < -0.39 is 0 Å². The molecule has 0 saturated heterocycles. The quantitative estimate of drug-likeness (QED) is 0.397. The van der Waals surface area contributed by atoms with Gasteiger partial charge in [-0.25, -0.2) is 0 Å². The van der Waals surface area contributed by atoms with Crippen LogP contribution in [0.5, 0.6) is 0 Å². The molecule has 0 aromatic rings. The van der Waals surface area contributed by atoms with Crippen molar-refractivity contribution in [2.75, 3.05) is 0 Å². The standard InChI is InChI=1S/C6H12.C6H10/c2*1-5(2)6(3)4/h1-4H3;1,3H2,2,4H3. The molecular formula is C12H22. The van der Waals surface area contributed by atoms with Crippen molar-refractivity contribution in [2.45, 2.75) is 41.5 Å². The topological polar surface area (TPSA) is 0 Å². The van der Waals surface area contributed by atoms with Gasteiger partial charge in [0.2, 0.25) is 0 Å². The first-order valence-electron chi connectivity index (χ1n) is 4.21. The lowest BCUT2D eigenvalue weighted by molar-refractivity contribution is 1.23. The van der Waals surface area contributed by atoms with E-state index in [1.807, 2.05) is 13.8 Å². The van der Waals surface area contributed by atoms with Gasteiger partial charge in [0, 0.05) is 0 Å². The fourth-order valence-corrected chi connectivity index (χ4v) is 0. The maximum absolute atomic E-state index is 3.66. The van der Waals surface area contributed by atoms with Crippen LogP contribution in [-0.2, 0) is 0 Å². The van der Waals surface area contributed by atoms with Gasteiger partial charge in [-0.2, -0.15) is 0 Å². The monoisotopic (exact) mass is 166 g/mol. The van der Waals surface area contributed by atoms with Crippen LogP contribution in [0.2, 0.25) is 0 Å². The third-order valence-corrected chi connectivity index (χ3v) is 1.73. The van der Waals surface area contributed by atoms with Crippen LogP contribution in [0.1, 0.15) is 41.5 Å². The fraction of sp³-hybridized carbons (Fsp3) is 0.500. The molecule has 0 radical (unpaired) electrons. The normalized spacial score (nSPS) is 7.83. The van der Waals surface area contributed by atoms with Gasteiger partial charge >= 0.3 is 0 Å². The third kappa shape index (κ3) is 12.0. The summed E-state index contributed by atoms with van der Waals surface area (Å²) in [7, 11) is 0. The maximum atomic E-state index is 3.66. The van der Waals surface area contributed by atoms with Crippen molar-refractivity contribution in [3.63, 3.8) is 0 Å². The van der Waals surface area contributed by atoms with E-state index in [1.165, 1.54) is 11.1 Å². The summed E-state index contributed by atoms with van der Waals surface area (Å²) in [5.41, 5.74) is 4.98. The van der Waals surface area contributed by atoms with Gasteiger partial charge in [-0.1, -0.05) is 35.5 Å². The van der Waals surface area contributed by atoms with Crippen molar-refractivity contribution in [1.82, 2.24) is 0 Å². The smallest absolute Gasteiger partial charge is 0.0401 e. The highest BCUT2D eigenvalue weighted by molar-refractivity contribution is 5.19. The van der Waals surface area contributed by atoms with Crippen molar-refractivity contribution in [1.29, 1.82) is 0 Å². The highest BCUT2D eigenvalue weighted by Gasteiger charge is 1.77. The van der Waals surface area contributed by atoms with E-state index in [4.69, 9.17) is 0 Å². The molecule has 0 atom stereocenters. The molecule has 12 heavy (non-hydrogen) atoms. The number of hydrogen-bond acceptors (Lipinski definition) is 0. The van der Waals surface area contributed by atoms with Crippen LogP contribution >= 0.6 is 0 Å². The molecule has 0 aliphatic rings. The van der Waals surface area contributed by atoms with Crippen molar-refractivity contribution in [3.8, 4) is 0 Å². The lowest BCUT2D eigenvalue weighted by atomic mass is 10.2. The number of allylic oxidation sites excluding steroid dienone is 4. The second-order valence-corrected chi connectivity index (χ2v) is 3.56. The van der Waals surface area contributed by atoms with Gasteiger partial charge in [0.1, 0.15) is 0 Å². The van der Waals surface area contributed by atoms with Crippen LogP contribution in [0, 0.1) is 0 Å². The molecule has 0 heteroatoms. The Morgan fingerprint density at radius 2 is 0.750 bits per heavy atom. The Morgan fingerprint density at radius 3 is 0.750 bits per heavy atom. The zero-order valence-corrected chi connectivity index (χ0v) is 9.41. The van der Waals surface area contributed by atoms with Crippen LogP contribution in [-0.4, -0.2) is 0 Å². The van der Waals surface area contributed by atoms with E-state index >= 15 is 0 Å². The second-order valence-electron chi connectivity index (χ2n) is 3.56. The molecule has 0 amide bonds. The highest BCUT2D eigenvalue weighted by Crippen LogP contribution is 1.98. The average Bonchev–Trinajstić information content (AvgIpc) is 1.88. The minimum Gasteiger partial charge on any atom is -0.0959 e. The molecule has 0 aromatic carbocycles. The van der Waals surface area contributed by atoms with Gasteiger partial charge in [-0.15, -0.1) is 0 Å². The third-order valence-electron chi connectivity index (χ3n) is 1.73. The Morgan fingerprint density at radius 1 is 0.583 bits per heavy atom. The molecule has 0 aromatic heterocycles. The molecule has 0 fully saturated rings. The molecule has 0 nitrogen and oxygen atoms in total. The largest absolute Gasteiger partial charge is 0.0959 e. The average molecular weight is 166 g/mol. The fourth-order valence-electron chi connectivity index (χ4n) is 0. The van der Waals surface area contributed by atoms with Crippen LogP contribution in [0.4, 0.5) is 0 Å². The predicted molar refractivity (Wildman–Crippen MR) is 59.4 cm³/mol. The molecule has 70 valence electrons. The summed E-state index contributed by atoms with van der Waals surface area (Å²) < 4.78 is 0. The van der Waals surface area contributed by atoms with Gasteiger partial charge in [0.05, 0.1) is 0 Å². The molecule has 0 rings (SSSR count). The summed E-state index contributed by atoms with van der Waals surface area (Å²) in [6, 6.07) is 0. The van der Waals surface area contributed by atoms with Crippen molar-refractivity contribution in [2.24, 2.45) is 0 Å². The molecule has 0 N–H and O–H groups in total. The van der Waals surface area contributed by atoms with Crippen LogP contribution in [0.25, 0.3) is 0 Å². The van der Waals surface area contributed by atoms with Gasteiger partial charge in [0.15, 0.2) is 0 Å². The summed E-state index contributed by atoms with van der Waals surface area (Å²) in [5.74, 6) is 0. The Hall–Kier alpha value is -0.780. The SMILES string of the molecule is C=C(C)C(=C)C.CC(C)=C(C)C. The lowest BCUT2D eigenvalue weighted by Crippen LogP contribution is -1.67. The minimum absolute atomic E-state index is 1.06. The predicted octanol–water partition coefficient (Wildman–Crippen LogP) is 4.50. The summed E-state index contributed by atoms with van der Waals surface area (Å²) in [4.78, 5) is 0. The Labute approximate surface area is 77.7 Å². The molecule has 0 aliphatic heterocycles. The van der Waals surface area contributed by atoms with Crippen molar-refractivity contribution >= 4 is 0 Å². The zero-order valence-electron chi connectivity index (χ0n) is 9.41. The Kier molecular flexibility index (Phi) is 7.93. The first-order valence-corrected chi connectivity index (χ1v) is 4.21. The molecule has 0 bridgehead atoms. The maximum Gasteiger partial charge on any atom is -0.0401 e. The summed E-state index contributed by atoms with van der Waals surface area (Å²) in [6.45, 7) is 19.7. The van der Waals surface area contributed by atoms with Gasteiger partial charge in [-0.3, -0.25) is 0 Å². The van der Waals surface area contributed by atoms with E-state index in [0.29, 0.717) is 0 Å². The van der Waals surface area contributed by atoms with Crippen LogP contribution in [0.15, 0.2) is 35.5 Å². The van der Waals surface area contributed by atoms with Gasteiger partial charge < -0.3 is 0 Å². The first kappa shape index (κ1) is 13.8. The van der Waals surface area contributed by atoms with E-state index in [9.17, 15) is 0 Å². The highest BCUT2D eigenvalue weighted by atomic mass is 13.8. The van der Waals surface area contributed by atoms with E-state index in [0.717, 1.165) is 11.1 Å². The molecule has 0 heterocycles. The van der Waals surface area contributed by atoms with Gasteiger partial charge in [-0.05, 0) is 41.5 Å². The van der Waals surface area contributed by atoms with Crippen molar-refractivity contribution in [3.05, 3.63) is 35.5 Å². The summed E-state index contributed by atoms with van der Waals surface area (Å²) in [6.07, 6.45) is 0. The minimum atomic E-state index is 1.06.